The second-order valence-corrected chi connectivity index (χ2v) is 8.37. The minimum Gasteiger partial charge on any atom is -0.444 e. The van der Waals surface area contributed by atoms with Gasteiger partial charge in [-0.15, -0.1) is 0 Å². The Labute approximate surface area is 155 Å². The average molecular weight is 359 g/mol. The normalized spacial score (nSPS) is 20.6. The predicted octanol–water partition coefficient (Wildman–Crippen LogP) is 3.47. The Morgan fingerprint density at radius 1 is 1.31 bits per heavy atom. The van der Waals surface area contributed by atoms with Crippen molar-refractivity contribution in [2.75, 3.05) is 24.5 Å². The second kappa shape index (κ2) is 7.64. The third-order valence-electron chi connectivity index (χ3n) is 4.76. The molecule has 3 rings (SSSR count). The number of ether oxygens (including phenoxy) is 1. The van der Waals surface area contributed by atoms with Crippen LogP contribution < -0.4 is 4.90 Å². The van der Waals surface area contributed by atoms with Gasteiger partial charge >= 0.3 is 6.09 Å². The molecule has 0 spiro atoms. The first kappa shape index (κ1) is 18.7. The van der Waals surface area contributed by atoms with Crippen LogP contribution in [-0.2, 0) is 9.53 Å². The highest BCUT2D eigenvalue weighted by molar-refractivity contribution is 5.96. The lowest BCUT2D eigenvalue weighted by Crippen LogP contribution is -2.47. The summed E-state index contributed by atoms with van der Waals surface area (Å²) in [6.07, 6.45) is 7.09. The number of amides is 2. The highest BCUT2D eigenvalue weighted by atomic mass is 16.6. The van der Waals surface area contributed by atoms with E-state index in [9.17, 15) is 9.59 Å². The first-order valence-corrected chi connectivity index (χ1v) is 9.53. The first-order chi connectivity index (χ1) is 12.3. The Bertz CT molecular complexity index is 637. The number of carbonyl (C=O) groups excluding carboxylic acids is 2. The Hall–Kier alpha value is -2.11. The van der Waals surface area contributed by atoms with Gasteiger partial charge in [0.25, 0.3) is 0 Å². The molecule has 1 atom stereocenters. The van der Waals surface area contributed by atoms with E-state index in [4.69, 9.17) is 4.74 Å². The van der Waals surface area contributed by atoms with Crippen LogP contribution in [0.5, 0.6) is 0 Å². The van der Waals surface area contributed by atoms with Gasteiger partial charge in [0.05, 0.1) is 11.9 Å². The van der Waals surface area contributed by atoms with E-state index in [1.165, 1.54) is 0 Å². The van der Waals surface area contributed by atoms with Gasteiger partial charge in [0.15, 0.2) is 0 Å². The molecule has 1 unspecified atom stereocenters. The first-order valence-electron chi connectivity index (χ1n) is 9.53. The number of likely N-dealkylation sites (tertiary alicyclic amines) is 1. The Balaban J connectivity index is 1.66. The number of nitrogens with zero attached hydrogens (tertiary/aromatic N) is 3. The van der Waals surface area contributed by atoms with Crippen molar-refractivity contribution in [1.29, 1.82) is 0 Å². The summed E-state index contributed by atoms with van der Waals surface area (Å²) in [5, 5.41) is 0. The van der Waals surface area contributed by atoms with Gasteiger partial charge in [-0.1, -0.05) is 0 Å². The van der Waals surface area contributed by atoms with E-state index < -0.39 is 5.60 Å². The van der Waals surface area contributed by atoms with Crippen LogP contribution in [0.15, 0.2) is 24.5 Å². The molecule has 0 bridgehead atoms. The van der Waals surface area contributed by atoms with E-state index in [0.717, 1.165) is 37.9 Å². The lowest BCUT2D eigenvalue weighted by molar-refractivity contribution is -0.120. The van der Waals surface area contributed by atoms with Gasteiger partial charge in [-0.2, -0.15) is 0 Å². The van der Waals surface area contributed by atoms with Crippen LogP contribution >= 0.6 is 0 Å². The second-order valence-electron chi connectivity index (χ2n) is 8.37. The minimum absolute atomic E-state index is 0.153. The van der Waals surface area contributed by atoms with E-state index in [0.29, 0.717) is 13.1 Å². The topological polar surface area (TPSA) is 62.7 Å². The Morgan fingerprint density at radius 2 is 2.08 bits per heavy atom. The van der Waals surface area contributed by atoms with Crippen molar-refractivity contribution < 1.29 is 14.3 Å². The monoisotopic (exact) mass is 359 g/mol. The Morgan fingerprint density at radius 3 is 2.69 bits per heavy atom. The molecule has 0 N–H and O–H groups in total. The number of anilines is 1. The zero-order chi connectivity index (χ0) is 18.7. The molecular formula is C20H29N3O3. The quantitative estimate of drug-likeness (QED) is 0.826. The molecular weight excluding hydrogens is 330 g/mol. The average Bonchev–Trinajstić information content (AvgIpc) is 3.44. The molecule has 6 heteroatoms. The molecule has 0 aromatic carbocycles. The molecule has 1 aromatic rings. The molecule has 26 heavy (non-hydrogen) atoms. The van der Waals surface area contributed by atoms with Crippen molar-refractivity contribution in [3.05, 3.63) is 24.5 Å². The molecule has 1 aliphatic heterocycles. The van der Waals surface area contributed by atoms with Crippen LogP contribution in [0.25, 0.3) is 0 Å². The van der Waals surface area contributed by atoms with Crippen LogP contribution in [0.4, 0.5) is 10.5 Å². The maximum Gasteiger partial charge on any atom is 0.410 e. The molecule has 1 aliphatic carbocycles. The molecule has 2 heterocycles. The van der Waals surface area contributed by atoms with Gasteiger partial charge in [0.2, 0.25) is 5.91 Å². The van der Waals surface area contributed by atoms with Crippen LogP contribution in [-0.4, -0.2) is 47.1 Å². The van der Waals surface area contributed by atoms with E-state index >= 15 is 0 Å². The molecule has 2 fully saturated rings. The molecule has 1 saturated carbocycles. The van der Waals surface area contributed by atoms with Crippen LogP contribution in [0.1, 0.15) is 46.5 Å². The number of aromatic nitrogens is 1. The predicted molar refractivity (Wildman–Crippen MR) is 99.8 cm³/mol. The van der Waals surface area contributed by atoms with Gasteiger partial charge < -0.3 is 14.5 Å². The van der Waals surface area contributed by atoms with Gasteiger partial charge in [-0.25, -0.2) is 4.79 Å². The number of hydrogen-bond acceptors (Lipinski definition) is 4. The summed E-state index contributed by atoms with van der Waals surface area (Å²) >= 11 is 0. The van der Waals surface area contributed by atoms with Crippen molar-refractivity contribution in [3.8, 4) is 0 Å². The fraction of sp³-hybridized carbons (Fsp3) is 0.650. The van der Waals surface area contributed by atoms with E-state index in [-0.39, 0.29) is 23.8 Å². The molecule has 1 saturated heterocycles. The third kappa shape index (κ3) is 4.96. The molecule has 6 nitrogen and oxygen atoms in total. The fourth-order valence-electron chi connectivity index (χ4n) is 3.35. The molecule has 0 radical (unpaired) electrons. The van der Waals surface area contributed by atoms with Crippen molar-refractivity contribution in [1.82, 2.24) is 9.88 Å². The van der Waals surface area contributed by atoms with Gasteiger partial charge in [0.1, 0.15) is 5.60 Å². The summed E-state index contributed by atoms with van der Waals surface area (Å²) in [6, 6.07) is 3.79. The summed E-state index contributed by atoms with van der Waals surface area (Å²) in [5.41, 5.74) is 0.354. The highest BCUT2D eigenvalue weighted by Gasteiger charge is 2.36. The summed E-state index contributed by atoms with van der Waals surface area (Å²) in [5.74, 6) is 0.590. The van der Waals surface area contributed by atoms with Gasteiger partial charge in [-0.3, -0.25) is 9.78 Å². The van der Waals surface area contributed by atoms with Crippen molar-refractivity contribution >= 4 is 17.7 Å². The van der Waals surface area contributed by atoms with Crippen molar-refractivity contribution in [2.24, 2.45) is 11.8 Å². The largest absolute Gasteiger partial charge is 0.444 e. The number of hydrogen-bond donors (Lipinski definition) is 0. The number of pyridine rings is 1. The summed E-state index contributed by atoms with van der Waals surface area (Å²) < 4.78 is 5.51. The van der Waals surface area contributed by atoms with Crippen molar-refractivity contribution in [2.45, 2.75) is 52.1 Å². The standard InChI is InChI=1S/C20H29N3O3/c1-20(2,3)26-19(25)22-11-5-6-15(13-22)14-23(18(24)16-8-9-16)17-7-4-10-21-12-17/h4,7,10,12,15-16H,5-6,8-9,11,13-14H2,1-3H3. The summed E-state index contributed by atoms with van der Waals surface area (Å²) in [7, 11) is 0. The third-order valence-corrected chi connectivity index (χ3v) is 4.76. The smallest absolute Gasteiger partial charge is 0.410 e. The highest BCUT2D eigenvalue weighted by Crippen LogP contribution is 2.33. The van der Waals surface area contributed by atoms with E-state index in [2.05, 4.69) is 4.98 Å². The maximum absolute atomic E-state index is 12.8. The van der Waals surface area contributed by atoms with E-state index in [1.54, 1.807) is 17.3 Å². The van der Waals surface area contributed by atoms with Crippen LogP contribution in [0.2, 0.25) is 0 Å². The molecule has 2 amide bonds. The summed E-state index contributed by atoms with van der Waals surface area (Å²) in [4.78, 5) is 33.0. The number of piperidine rings is 1. The zero-order valence-electron chi connectivity index (χ0n) is 16.0. The van der Waals surface area contributed by atoms with Crippen molar-refractivity contribution in [3.63, 3.8) is 0 Å². The molecule has 2 aliphatic rings. The lowest BCUT2D eigenvalue weighted by Gasteiger charge is -2.36. The SMILES string of the molecule is CC(C)(C)OC(=O)N1CCCC(CN(C(=O)C2CC2)c2cccnc2)C1. The number of carbonyl (C=O) groups is 2. The summed E-state index contributed by atoms with van der Waals surface area (Å²) in [6.45, 7) is 7.61. The minimum atomic E-state index is -0.492. The lowest BCUT2D eigenvalue weighted by atomic mass is 9.97. The van der Waals surface area contributed by atoms with Crippen LogP contribution in [0, 0.1) is 11.8 Å². The molecule has 142 valence electrons. The van der Waals surface area contributed by atoms with Gasteiger partial charge in [-0.05, 0) is 64.5 Å². The fourth-order valence-corrected chi connectivity index (χ4v) is 3.35. The number of rotatable bonds is 4. The Kier molecular flexibility index (Phi) is 5.49. The zero-order valence-corrected chi connectivity index (χ0v) is 16.0. The maximum atomic E-state index is 12.8. The van der Waals surface area contributed by atoms with Gasteiger partial charge in [0, 0.05) is 31.7 Å². The van der Waals surface area contributed by atoms with E-state index in [1.807, 2.05) is 37.8 Å². The van der Waals surface area contributed by atoms with Crippen LogP contribution in [0.3, 0.4) is 0 Å². The molecule has 1 aromatic heterocycles.